The fraction of sp³-hybridized carbons (Fsp3) is 0.612. The number of rotatable bonds is 32. The molecule has 3 aromatic carbocycles. The Hall–Kier alpha value is -1.42. The van der Waals surface area contributed by atoms with Crippen LogP contribution in [0, 0.1) is 0 Å². The molecular formula is C49H80Cl6N3O5P. The lowest BCUT2D eigenvalue weighted by Gasteiger charge is -2.25. The van der Waals surface area contributed by atoms with Crippen LogP contribution >= 0.6 is 73.7 Å². The molecule has 0 unspecified atom stereocenters. The van der Waals surface area contributed by atoms with Crippen molar-refractivity contribution in [3.63, 3.8) is 0 Å². The number of alkyl halides is 3. The van der Waals surface area contributed by atoms with Gasteiger partial charge >= 0.3 is 5.20 Å². The fourth-order valence-corrected chi connectivity index (χ4v) is 6.76. The summed E-state index contributed by atoms with van der Waals surface area (Å²) >= 11 is 30.7. The monoisotopic (exact) mass is 1030 g/mol. The summed E-state index contributed by atoms with van der Waals surface area (Å²) < 4.78 is 9.51. The van der Waals surface area contributed by atoms with Crippen LogP contribution in [0.1, 0.15) is 139 Å². The van der Waals surface area contributed by atoms with Crippen molar-refractivity contribution in [2.24, 2.45) is 0 Å². The molecule has 368 valence electrons. The van der Waals surface area contributed by atoms with Crippen LogP contribution in [0.15, 0.2) is 84.9 Å². The van der Waals surface area contributed by atoms with Crippen LogP contribution in [0.25, 0.3) is 0 Å². The van der Waals surface area contributed by atoms with Gasteiger partial charge in [0.25, 0.3) is 0 Å². The molecule has 0 spiro atoms. The number of aliphatic hydroxyl groups is 3. The molecule has 3 rings (SSSR count). The topological polar surface area (TPSA) is 127 Å². The predicted octanol–water partition coefficient (Wildman–Crippen LogP) is 15.4. The van der Waals surface area contributed by atoms with Gasteiger partial charge in [-0.1, -0.05) is 101 Å². The second kappa shape index (κ2) is 49.5. The average Bonchev–Trinajstić information content (AvgIpc) is 3.29. The molecule has 5 N–H and O–H groups in total. The number of unbranched alkanes of at least 4 members (excludes halogenated alkanes) is 15. The number of carbonyl (C=O) groups excluding carboxylic acids is 1. The molecule has 3 aromatic rings. The van der Waals surface area contributed by atoms with E-state index in [1.807, 2.05) is 42.5 Å². The van der Waals surface area contributed by atoms with Crippen molar-refractivity contribution in [2.75, 3.05) is 79.2 Å². The molecule has 0 aliphatic heterocycles. The normalized spacial score (nSPS) is 10.5. The van der Waals surface area contributed by atoms with Crippen LogP contribution < -0.4 is 15.5 Å². The largest absolute Gasteiger partial charge is 0.399 e. The first-order valence-electron chi connectivity index (χ1n) is 23.1. The van der Waals surface area contributed by atoms with Crippen molar-refractivity contribution >= 4 is 97.1 Å². The van der Waals surface area contributed by atoms with Gasteiger partial charge in [-0.15, -0.1) is 34.8 Å². The SMILES string of the molecule is Nc1ccccc1.O=Cc1ccc(N(CCCCCCCl)CCCCCCCl)cc1.O=P(Cl)(Cl)Cl.OCCCCCCCl.OCCCCCCN(CCCCCCO)c1ccccc1. The zero-order chi connectivity index (χ0) is 47.8. The second-order valence-corrected chi connectivity index (χ2v) is 22.9. The molecule has 8 nitrogen and oxygen atoms in total. The van der Waals surface area contributed by atoms with E-state index in [2.05, 4.69) is 86.0 Å². The number of nitrogens with zero attached hydrogens (tertiary/aromatic N) is 2. The first-order valence-corrected chi connectivity index (χ1v) is 29.1. The summed E-state index contributed by atoms with van der Waals surface area (Å²) in [5.74, 6) is 2.28. The third kappa shape index (κ3) is 47.1. The molecule has 64 heavy (non-hydrogen) atoms. The maximum Gasteiger partial charge on any atom is 0.339 e. The molecule has 0 radical (unpaired) electrons. The lowest BCUT2D eigenvalue weighted by Crippen LogP contribution is -2.25. The van der Waals surface area contributed by atoms with Gasteiger partial charge in [-0.3, -0.25) is 9.36 Å². The quantitative estimate of drug-likeness (QED) is 0.0160. The third-order valence-electron chi connectivity index (χ3n) is 9.65. The number of carbonyl (C=O) groups is 1. The van der Waals surface area contributed by atoms with E-state index in [0.717, 1.165) is 126 Å². The summed E-state index contributed by atoms with van der Waals surface area (Å²) in [6, 6.07) is 28.0. The number of anilines is 3. The molecule has 0 aromatic heterocycles. The Balaban J connectivity index is 0. The molecule has 15 heteroatoms. The van der Waals surface area contributed by atoms with Gasteiger partial charge in [0.05, 0.1) is 0 Å². The summed E-state index contributed by atoms with van der Waals surface area (Å²) in [5, 5.41) is 22.7. The molecule has 0 amide bonds. The predicted molar refractivity (Wildman–Crippen MR) is 284 cm³/mol. The zero-order valence-electron chi connectivity index (χ0n) is 38.2. The van der Waals surface area contributed by atoms with Gasteiger partial charge in [0.1, 0.15) is 6.29 Å². The van der Waals surface area contributed by atoms with E-state index < -0.39 is 5.20 Å². The Morgan fingerprint density at radius 1 is 0.438 bits per heavy atom. The van der Waals surface area contributed by atoms with Crippen LogP contribution in [0.3, 0.4) is 0 Å². The van der Waals surface area contributed by atoms with E-state index in [0.29, 0.717) is 19.8 Å². The Labute approximate surface area is 417 Å². The van der Waals surface area contributed by atoms with E-state index in [4.69, 9.17) is 55.9 Å². The van der Waals surface area contributed by atoms with E-state index in [9.17, 15) is 9.36 Å². The molecule has 0 bridgehead atoms. The van der Waals surface area contributed by atoms with E-state index in [1.54, 1.807) is 0 Å². The maximum atomic E-state index is 10.8. The number of hydrogen-bond acceptors (Lipinski definition) is 8. The number of aldehydes is 1. The van der Waals surface area contributed by atoms with Gasteiger partial charge in [-0.05, 0) is 146 Å². The minimum Gasteiger partial charge on any atom is -0.399 e. The number of halogens is 6. The standard InChI is InChI=1S/C19H29Cl2NO.C18H31NO2.C6H13ClO.C6H7N.Cl3OP/c20-13-5-1-3-7-15-22(16-8-4-2-6-14-21)19-11-9-18(17-23)10-12-19;20-16-10-3-1-8-14-19(15-9-2-4-11-17-21)18-12-6-5-7-13-18;7-5-3-1-2-4-6-8;7-6-4-2-1-3-5-6;1-5(2,3)4/h9-12,17H,1-8,13-16H2;5-7,12-13,20-21H,1-4,8-11,14-17H2;8H,1-6H2;1-5H,7H2;. The summed E-state index contributed by atoms with van der Waals surface area (Å²) in [7, 11) is 0. The summed E-state index contributed by atoms with van der Waals surface area (Å²) in [6.07, 6.45) is 23.5. The van der Waals surface area contributed by atoms with E-state index in [1.165, 1.54) is 75.6 Å². The number of hydrogen-bond donors (Lipinski definition) is 4. The second-order valence-electron chi connectivity index (χ2n) is 15.1. The molecule has 0 fully saturated rings. The van der Waals surface area contributed by atoms with Crippen molar-refractivity contribution < 1.29 is 24.7 Å². The Morgan fingerprint density at radius 2 is 0.719 bits per heavy atom. The number of nitrogen functional groups attached to an aromatic ring is 1. The molecule has 0 aliphatic rings. The summed E-state index contributed by atoms with van der Waals surface area (Å²) in [5.41, 5.74) is 9.43. The first-order chi connectivity index (χ1) is 31.0. The summed E-state index contributed by atoms with van der Waals surface area (Å²) in [6.45, 7) is 5.27. The number of aliphatic hydroxyl groups excluding tert-OH is 3. The minimum atomic E-state index is -3.22. The molecule has 0 aliphatic carbocycles. The lowest BCUT2D eigenvalue weighted by atomic mass is 10.1. The van der Waals surface area contributed by atoms with E-state index in [-0.39, 0.29) is 0 Å². The van der Waals surface area contributed by atoms with Crippen molar-refractivity contribution in [3.05, 3.63) is 90.5 Å². The average molecular weight is 1030 g/mol. The third-order valence-corrected chi connectivity index (χ3v) is 10.5. The van der Waals surface area contributed by atoms with Gasteiger partial charge < -0.3 is 30.9 Å². The molecule has 0 saturated heterocycles. The fourth-order valence-electron chi connectivity index (χ4n) is 6.19. The summed E-state index contributed by atoms with van der Waals surface area (Å²) in [4.78, 5) is 15.7. The van der Waals surface area contributed by atoms with Crippen LogP contribution in [0.2, 0.25) is 0 Å². The van der Waals surface area contributed by atoms with Gasteiger partial charge in [0, 0.05) is 86.3 Å². The maximum absolute atomic E-state index is 10.8. The highest BCUT2D eigenvalue weighted by atomic mass is 36.0. The van der Waals surface area contributed by atoms with Crippen molar-refractivity contribution in [1.29, 1.82) is 0 Å². The highest BCUT2D eigenvalue weighted by Crippen LogP contribution is 2.61. The van der Waals surface area contributed by atoms with Crippen LogP contribution in [0.5, 0.6) is 0 Å². The first kappa shape index (κ1) is 64.7. The van der Waals surface area contributed by atoms with Crippen molar-refractivity contribution in [3.8, 4) is 0 Å². The Kier molecular flexibility index (Phi) is 50.0. The Bertz CT molecular complexity index is 1390. The zero-order valence-corrected chi connectivity index (χ0v) is 43.6. The Morgan fingerprint density at radius 3 is 0.984 bits per heavy atom. The molecule has 0 heterocycles. The minimum absolute atomic E-state index is 0.313. The van der Waals surface area contributed by atoms with Gasteiger partial charge in [0.2, 0.25) is 0 Å². The van der Waals surface area contributed by atoms with Crippen molar-refractivity contribution in [1.82, 2.24) is 0 Å². The molecule has 0 saturated carbocycles. The van der Waals surface area contributed by atoms with Crippen LogP contribution in [-0.2, 0) is 4.57 Å². The molecule has 0 atom stereocenters. The van der Waals surface area contributed by atoms with Gasteiger partial charge in [-0.25, -0.2) is 0 Å². The number of nitrogens with two attached hydrogens (primary N) is 1. The number of benzene rings is 3. The molecular weight excluding hydrogens is 954 g/mol. The number of para-hydroxylation sites is 2. The van der Waals surface area contributed by atoms with Gasteiger partial charge in [0.15, 0.2) is 0 Å². The van der Waals surface area contributed by atoms with Crippen LogP contribution in [-0.4, -0.2) is 85.2 Å². The smallest absolute Gasteiger partial charge is 0.339 e. The van der Waals surface area contributed by atoms with E-state index >= 15 is 0 Å². The highest BCUT2D eigenvalue weighted by molar-refractivity contribution is 8.24. The lowest BCUT2D eigenvalue weighted by molar-refractivity contribution is 0.112. The van der Waals surface area contributed by atoms with Gasteiger partial charge in [-0.2, -0.15) is 0 Å². The highest BCUT2D eigenvalue weighted by Gasteiger charge is 2.08. The van der Waals surface area contributed by atoms with Crippen molar-refractivity contribution in [2.45, 2.75) is 128 Å². The van der Waals surface area contributed by atoms with Crippen LogP contribution in [0.4, 0.5) is 17.1 Å².